The van der Waals surface area contributed by atoms with Crippen molar-refractivity contribution >= 4 is 11.5 Å². The van der Waals surface area contributed by atoms with Gasteiger partial charge < -0.3 is 9.64 Å². The predicted molar refractivity (Wildman–Crippen MR) is 89.5 cm³/mol. The fourth-order valence-corrected chi connectivity index (χ4v) is 2.27. The molecule has 0 spiro atoms. The maximum absolute atomic E-state index is 12.5. The molecule has 0 aromatic heterocycles. The Kier molecular flexibility index (Phi) is 6.45. The maximum Gasteiger partial charge on any atom is 0.269 e. The van der Waals surface area contributed by atoms with Gasteiger partial charge in [0, 0.05) is 49.7 Å². The standard InChI is InChI=1S/C17H24N2O4/c1-6-18(7-2)16(17(3,4)23-5)12-15(20)13-8-10-14(11-9-13)19(21)22/h8-12H,6-7H2,1-5H3/b16-12+. The Bertz CT molecular complexity index is 587. The van der Waals surface area contributed by atoms with Gasteiger partial charge in [0.1, 0.15) is 5.60 Å². The Hall–Kier alpha value is -2.21. The zero-order chi connectivity index (χ0) is 17.6. The van der Waals surface area contributed by atoms with Crippen molar-refractivity contribution in [2.24, 2.45) is 0 Å². The van der Waals surface area contributed by atoms with E-state index < -0.39 is 10.5 Å². The molecule has 0 fully saturated rings. The molecule has 0 radical (unpaired) electrons. The highest BCUT2D eigenvalue weighted by molar-refractivity contribution is 6.05. The van der Waals surface area contributed by atoms with E-state index in [4.69, 9.17) is 4.74 Å². The number of ether oxygens (including phenoxy) is 1. The molecule has 0 saturated carbocycles. The number of methoxy groups -OCH3 is 1. The molecule has 126 valence electrons. The number of carbonyl (C=O) groups excluding carboxylic acids is 1. The quantitative estimate of drug-likeness (QED) is 0.317. The van der Waals surface area contributed by atoms with Crippen LogP contribution in [0.1, 0.15) is 38.1 Å². The summed E-state index contributed by atoms with van der Waals surface area (Å²) in [6.07, 6.45) is 1.55. The van der Waals surface area contributed by atoms with Crippen LogP contribution >= 0.6 is 0 Å². The van der Waals surface area contributed by atoms with Gasteiger partial charge >= 0.3 is 0 Å². The van der Waals surface area contributed by atoms with Crippen molar-refractivity contribution in [3.63, 3.8) is 0 Å². The van der Waals surface area contributed by atoms with Crippen molar-refractivity contribution in [1.29, 1.82) is 0 Å². The van der Waals surface area contributed by atoms with Gasteiger partial charge in [0.05, 0.1) is 4.92 Å². The van der Waals surface area contributed by atoms with Gasteiger partial charge in [-0.25, -0.2) is 0 Å². The van der Waals surface area contributed by atoms with Gasteiger partial charge in [0.2, 0.25) is 0 Å². The molecule has 6 heteroatoms. The lowest BCUT2D eigenvalue weighted by Crippen LogP contribution is -2.38. The van der Waals surface area contributed by atoms with Crippen LogP contribution in [0, 0.1) is 10.1 Å². The number of rotatable bonds is 8. The molecule has 6 nitrogen and oxygen atoms in total. The second-order valence-electron chi connectivity index (χ2n) is 5.58. The fraction of sp³-hybridized carbons (Fsp3) is 0.471. The molecule has 1 rings (SSSR count). The van der Waals surface area contributed by atoms with Gasteiger partial charge in [0.25, 0.3) is 5.69 Å². The number of allylic oxidation sites excluding steroid dienone is 1. The molecular weight excluding hydrogens is 296 g/mol. The van der Waals surface area contributed by atoms with Crippen molar-refractivity contribution in [3.05, 3.63) is 51.7 Å². The van der Waals surface area contributed by atoms with E-state index in [1.165, 1.54) is 24.3 Å². The highest BCUT2D eigenvalue weighted by Gasteiger charge is 2.27. The van der Waals surface area contributed by atoms with Crippen LogP contribution < -0.4 is 0 Å². The van der Waals surface area contributed by atoms with E-state index in [0.29, 0.717) is 5.56 Å². The molecule has 0 amide bonds. The number of carbonyl (C=O) groups is 1. The van der Waals surface area contributed by atoms with E-state index in [1.54, 1.807) is 13.2 Å². The van der Waals surface area contributed by atoms with Crippen LogP contribution in [0.2, 0.25) is 0 Å². The van der Waals surface area contributed by atoms with Crippen molar-refractivity contribution < 1.29 is 14.5 Å². The van der Waals surface area contributed by atoms with Crippen LogP contribution in [0.3, 0.4) is 0 Å². The number of nitrogens with zero attached hydrogens (tertiary/aromatic N) is 2. The topological polar surface area (TPSA) is 72.7 Å². The molecule has 0 heterocycles. The van der Waals surface area contributed by atoms with E-state index >= 15 is 0 Å². The average molecular weight is 320 g/mol. The number of nitro groups is 1. The first-order valence-electron chi connectivity index (χ1n) is 7.57. The smallest absolute Gasteiger partial charge is 0.269 e. The molecule has 0 saturated heterocycles. The van der Waals surface area contributed by atoms with E-state index in [9.17, 15) is 14.9 Å². The number of hydrogen-bond acceptors (Lipinski definition) is 5. The lowest BCUT2D eigenvalue weighted by molar-refractivity contribution is -0.384. The Labute approximate surface area is 136 Å². The minimum atomic E-state index is -0.609. The summed E-state index contributed by atoms with van der Waals surface area (Å²) in [5, 5.41) is 10.7. The number of benzene rings is 1. The van der Waals surface area contributed by atoms with Crippen molar-refractivity contribution in [2.75, 3.05) is 20.2 Å². The molecule has 0 atom stereocenters. The molecule has 0 aliphatic heterocycles. The second kappa shape index (κ2) is 7.87. The highest BCUT2D eigenvalue weighted by Crippen LogP contribution is 2.24. The summed E-state index contributed by atoms with van der Waals surface area (Å²) in [4.78, 5) is 24.8. The average Bonchev–Trinajstić information content (AvgIpc) is 2.54. The first kappa shape index (κ1) is 18.8. The minimum Gasteiger partial charge on any atom is -0.373 e. The second-order valence-corrected chi connectivity index (χ2v) is 5.58. The summed E-state index contributed by atoms with van der Waals surface area (Å²) in [5.41, 5.74) is 0.551. The molecule has 1 aromatic rings. The Morgan fingerprint density at radius 1 is 1.26 bits per heavy atom. The van der Waals surface area contributed by atoms with E-state index in [1.807, 2.05) is 27.7 Å². The third kappa shape index (κ3) is 4.63. The van der Waals surface area contributed by atoms with Gasteiger partial charge in [-0.1, -0.05) is 0 Å². The van der Waals surface area contributed by atoms with Crippen LogP contribution in [-0.4, -0.2) is 41.4 Å². The van der Waals surface area contributed by atoms with Crippen LogP contribution in [0.15, 0.2) is 36.0 Å². The monoisotopic (exact) mass is 320 g/mol. The molecular formula is C17H24N2O4. The number of likely N-dealkylation sites (N-methyl/N-ethyl adjacent to an activating group) is 1. The third-order valence-corrected chi connectivity index (χ3v) is 3.86. The Morgan fingerprint density at radius 3 is 2.17 bits per heavy atom. The summed E-state index contributed by atoms with van der Waals surface area (Å²) in [6, 6.07) is 5.60. The molecule has 23 heavy (non-hydrogen) atoms. The lowest BCUT2D eigenvalue weighted by Gasteiger charge is -2.35. The fourth-order valence-electron chi connectivity index (χ4n) is 2.27. The van der Waals surface area contributed by atoms with Crippen LogP contribution in [-0.2, 0) is 4.74 Å². The van der Waals surface area contributed by atoms with E-state index in [-0.39, 0.29) is 11.5 Å². The molecule has 0 unspecified atom stereocenters. The molecule has 0 bridgehead atoms. The van der Waals surface area contributed by atoms with E-state index in [0.717, 1.165) is 18.8 Å². The maximum atomic E-state index is 12.5. The number of non-ortho nitro benzene ring substituents is 1. The van der Waals surface area contributed by atoms with Gasteiger partial charge in [0.15, 0.2) is 5.78 Å². The molecule has 1 aromatic carbocycles. The zero-order valence-corrected chi connectivity index (χ0v) is 14.3. The molecule has 0 N–H and O–H groups in total. The normalized spacial score (nSPS) is 12.1. The predicted octanol–water partition coefficient (Wildman–Crippen LogP) is 3.43. The third-order valence-electron chi connectivity index (χ3n) is 3.86. The van der Waals surface area contributed by atoms with Crippen molar-refractivity contribution in [2.45, 2.75) is 33.3 Å². The van der Waals surface area contributed by atoms with Crippen LogP contribution in [0.5, 0.6) is 0 Å². The largest absolute Gasteiger partial charge is 0.373 e. The van der Waals surface area contributed by atoms with E-state index in [2.05, 4.69) is 4.90 Å². The van der Waals surface area contributed by atoms with Gasteiger partial charge in [-0.15, -0.1) is 0 Å². The van der Waals surface area contributed by atoms with Gasteiger partial charge in [-0.05, 0) is 39.8 Å². The summed E-state index contributed by atoms with van der Waals surface area (Å²) >= 11 is 0. The first-order valence-corrected chi connectivity index (χ1v) is 7.57. The van der Waals surface area contributed by atoms with Crippen LogP contribution in [0.4, 0.5) is 5.69 Å². The molecule has 0 aliphatic rings. The zero-order valence-electron chi connectivity index (χ0n) is 14.3. The lowest BCUT2D eigenvalue weighted by atomic mass is 9.99. The first-order chi connectivity index (χ1) is 10.8. The summed E-state index contributed by atoms with van der Waals surface area (Å²) in [5.74, 6) is -0.202. The Balaban J connectivity index is 3.19. The van der Waals surface area contributed by atoms with Gasteiger partial charge in [-0.2, -0.15) is 0 Å². The SMILES string of the molecule is CCN(CC)/C(=C/C(=O)c1ccc([N+](=O)[O-])cc1)C(C)(C)OC. The summed E-state index contributed by atoms with van der Waals surface area (Å²) in [7, 11) is 1.60. The number of ketones is 1. The van der Waals surface area contributed by atoms with Crippen molar-refractivity contribution in [1.82, 2.24) is 4.90 Å². The molecule has 0 aliphatic carbocycles. The summed E-state index contributed by atoms with van der Waals surface area (Å²) in [6.45, 7) is 9.34. The minimum absolute atomic E-state index is 0.0354. The number of hydrogen-bond donors (Lipinski definition) is 0. The highest BCUT2D eigenvalue weighted by atomic mass is 16.6. The van der Waals surface area contributed by atoms with Crippen molar-refractivity contribution in [3.8, 4) is 0 Å². The van der Waals surface area contributed by atoms with Crippen LogP contribution in [0.25, 0.3) is 0 Å². The Morgan fingerprint density at radius 2 is 1.78 bits per heavy atom. The summed E-state index contributed by atoms with van der Waals surface area (Å²) < 4.78 is 5.52. The van der Waals surface area contributed by atoms with Gasteiger partial charge in [-0.3, -0.25) is 14.9 Å². The number of nitro benzene ring substituents is 1.